The molecule has 0 amide bonds. The second kappa shape index (κ2) is 5.14. The Balaban J connectivity index is 2.00. The van der Waals surface area contributed by atoms with Crippen molar-refractivity contribution in [1.82, 2.24) is 4.90 Å². The fraction of sp³-hybridized carbons (Fsp3) is 0.625. The summed E-state index contributed by atoms with van der Waals surface area (Å²) in [6.07, 6.45) is 5.90. The van der Waals surface area contributed by atoms with Crippen LogP contribution in [0.4, 0.5) is 0 Å². The van der Waals surface area contributed by atoms with E-state index in [1.165, 1.54) is 36.0 Å². The highest BCUT2D eigenvalue weighted by atomic mass is 16.3. The van der Waals surface area contributed by atoms with Crippen LogP contribution in [0.5, 0.6) is 5.75 Å². The van der Waals surface area contributed by atoms with Gasteiger partial charge in [-0.3, -0.25) is 4.90 Å². The van der Waals surface area contributed by atoms with Crippen LogP contribution in [0.25, 0.3) is 0 Å². The van der Waals surface area contributed by atoms with Gasteiger partial charge in [-0.2, -0.15) is 0 Å². The van der Waals surface area contributed by atoms with E-state index >= 15 is 0 Å². The predicted molar refractivity (Wildman–Crippen MR) is 77.3 cm³/mol. The van der Waals surface area contributed by atoms with Crippen LogP contribution in [0, 0.1) is 5.92 Å². The van der Waals surface area contributed by atoms with Gasteiger partial charge in [-0.15, -0.1) is 0 Å². The average molecular weight is 260 g/mol. The number of benzene rings is 1. The van der Waals surface area contributed by atoms with Crippen molar-refractivity contribution in [3.63, 3.8) is 0 Å². The largest absolute Gasteiger partial charge is 0.508 e. The maximum Gasteiger partial charge on any atom is 0.120 e. The molecule has 1 fully saturated rings. The summed E-state index contributed by atoms with van der Waals surface area (Å²) in [6.45, 7) is 1.79. The molecule has 1 aromatic carbocycles. The molecule has 2 unspecified atom stereocenters. The van der Waals surface area contributed by atoms with Gasteiger partial charge in [-0.05, 0) is 68.8 Å². The van der Waals surface area contributed by atoms with Crippen molar-refractivity contribution >= 4 is 0 Å². The summed E-state index contributed by atoms with van der Waals surface area (Å²) >= 11 is 0. The quantitative estimate of drug-likeness (QED) is 0.857. The second-order valence-electron chi connectivity index (χ2n) is 6.14. The van der Waals surface area contributed by atoms with Gasteiger partial charge in [0.2, 0.25) is 0 Å². The molecule has 3 nitrogen and oxygen atoms in total. The molecule has 1 heterocycles. The first-order valence-corrected chi connectivity index (χ1v) is 7.44. The van der Waals surface area contributed by atoms with Crippen LogP contribution in [-0.4, -0.2) is 30.1 Å². The number of phenolic OH excluding ortho intramolecular Hbond substituents is 1. The molecule has 0 aromatic heterocycles. The van der Waals surface area contributed by atoms with Gasteiger partial charge in [-0.25, -0.2) is 0 Å². The maximum atomic E-state index is 10.3. The Kier molecular flexibility index (Phi) is 3.50. The summed E-state index contributed by atoms with van der Waals surface area (Å²) in [6, 6.07) is 4.35. The predicted octanol–water partition coefficient (Wildman–Crippen LogP) is 2.22. The van der Waals surface area contributed by atoms with Gasteiger partial charge in [0.1, 0.15) is 5.75 Å². The van der Waals surface area contributed by atoms with Gasteiger partial charge >= 0.3 is 0 Å². The number of aryl methyl sites for hydroxylation is 1. The molecule has 0 bridgehead atoms. The molecule has 104 valence electrons. The summed E-state index contributed by atoms with van der Waals surface area (Å²) in [7, 11) is 2.15. The minimum atomic E-state index is 0.349. The monoisotopic (exact) mass is 260 g/mol. The first-order chi connectivity index (χ1) is 9.20. The number of nitrogens with two attached hydrogens (primary N) is 1. The minimum Gasteiger partial charge on any atom is -0.508 e. The Labute approximate surface area is 115 Å². The molecule has 19 heavy (non-hydrogen) atoms. The molecule has 3 rings (SSSR count). The molecule has 1 saturated heterocycles. The standard InChI is InChI=1S/C16H24N2O/c1-18-10-11(9-17)8-14(18)16-13-5-3-2-4-12(13)6-7-15(16)19/h6-7,11,14,19H,2-5,8-10,17H2,1H3. The van der Waals surface area contributed by atoms with E-state index in [-0.39, 0.29) is 0 Å². The van der Waals surface area contributed by atoms with Gasteiger partial charge in [-0.1, -0.05) is 6.07 Å². The Morgan fingerprint density at radius 3 is 2.84 bits per heavy atom. The number of phenols is 1. The molecule has 2 atom stereocenters. The van der Waals surface area contributed by atoms with Crippen LogP contribution in [0.1, 0.15) is 42.0 Å². The summed E-state index contributed by atoms with van der Waals surface area (Å²) in [5.41, 5.74) is 9.88. The molecular formula is C16H24N2O. The van der Waals surface area contributed by atoms with Crippen molar-refractivity contribution in [2.75, 3.05) is 20.1 Å². The summed E-state index contributed by atoms with van der Waals surface area (Å²) in [5.74, 6) is 1.05. The number of rotatable bonds is 2. The van der Waals surface area contributed by atoms with Gasteiger partial charge in [0.15, 0.2) is 0 Å². The molecule has 3 heteroatoms. The van der Waals surface area contributed by atoms with E-state index < -0.39 is 0 Å². The molecule has 1 aromatic rings. The molecule has 1 aliphatic heterocycles. The topological polar surface area (TPSA) is 49.5 Å². The average Bonchev–Trinajstić information content (AvgIpc) is 2.80. The van der Waals surface area contributed by atoms with E-state index in [9.17, 15) is 5.11 Å². The number of hydrogen-bond acceptors (Lipinski definition) is 3. The molecule has 3 N–H and O–H groups in total. The summed E-state index contributed by atoms with van der Waals surface area (Å²) in [5, 5.41) is 10.3. The Morgan fingerprint density at radius 2 is 2.11 bits per heavy atom. The van der Waals surface area contributed by atoms with Crippen molar-refractivity contribution in [2.24, 2.45) is 11.7 Å². The summed E-state index contributed by atoms with van der Waals surface area (Å²) in [4.78, 5) is 2.36. The van der Waals surface area contributed by atoms with Crippen LogP contribution in [0.15, 0.2) is 12.1 Å². The van der Waals surface area contributed by atoms with Gasteiger partial charge in [0.05, 0.1) is 0 Å². The Morgan fingerprint density at radius 1 is 1.32 bits per heavy atom. The third-order valence-corrected chi connectivity index (χ3v) is 4.86. The third-order valence-electron chi connectivity index (χ3n) is 4.86. The highest BCUT2D eigenvalue weighted by Gasteiger charge is 2.33. The lowest BCUT2D eigenvalue weighted by molar-refractivity contribution is 0.303. The van der Waals surface area contributed by atoms with Crippen LogP contribution >= 0.6 is 0 Å². The molecule has 2 aliphatic rings. The maximum absolute atomic E-state index is 10.3. The second-order valence-corrected chi connectivity index (χ2v) is 6.14. The minimum absolute atomic E-state index is 0.349. The summed E-state index contributed by atoms with van der Waals surface area (Å²) < 4.78 is 0. The smallest absolute Gasteiger partial charge is 0.120 e. The van der Waals surface area contributed by atoms with E-state index in [2.05, 4.69) is 18.0 Å². The lowest BCUT2D eigenvalue weighted by Gasteiger charge is -2.27. The van der Waals surface area contributed by atoms with Crippen LogP contribution < -0.4 is 5.73 Å². The van der Waals surface area contributed by atoms with Crippen molar-refractivity contribution < 1.29 is 5.11 Å². The number of nitrogens with zero attached hydrogens (tertiary/aromatic N) is 1. The number of aromatic hydroxyl groups is 1. The van der Waals surface area contributed by atoms with E-state index in [0.717, 1.165) is 25.9 Å². The lowest BCUT2D eigenvalue weighted by Crippen LogP contribution is -2.22. The first-order valence-electron chi connectivity index (χ1n) is 7.44. The number of fused-ring (bicyclic) bond motifs is 1. The van der Waals surface area contributed by atoms with Gasteiger partial charge in [0.25, 0.3) is 0 Å². The third kappa shape index (κ3) is 2.26. The van der Waals surface area contributed by atoms with Crippen LogP contribution in [-0.2, 0) is 12.8 Å². The van der Waals surface area contributed by atoms with Crippen molar-refractivity contribution in [3.8, 4) is 5.75 Å². The van der Waals surface area contributed by atoms with E-state index in [4.69, 9.17) is 5.73 Å². The van der Waals surface area contributed by atoms with Crippen molar-refractivity contribution in [3.05, 3.63) is 28.8 Å². The van der Waals surface area contributed by atoms with Crippen LogP contribution in [0.2, 0.25) is 0 Å². The molecule has 0 radical (unpaired) electrons. The van der Waals surface area contributed by atoms with Crippen molar-refractivity contribution in [1.29, 1.82) is 0 Å². The van der Waals surface area contributed by atoms with Gasteiger partial charge < -0.3 is 10.8 Å². The highest BCUT2D eigenvalue weighted by Crippen LogP contribution is 2.42. The zero-order chi connectivity index (χ0) is 13.4. The van der Waals surface area contributed by atoms with E-state index in [1.807, 2.05) is 6.07 Å². The van der Waals surface area contributed by atoms with Crippen molar-refractivity contribution in [2.45, 2.75) is 38.1 Å². The Bertz CT molecular complexity index is 472. The van der Waals surface area contributed by atoms with E-state index in [1.54, 1.807) is 0 Å². The number of likely N-dealkylation sites (tertiary alicyclic amines) is 1. The molecule has 0 saturated carbocycles. The van der Waals surface area contributed by atoms with E-state index in [0.29, 0.717) is 17.7 Å². The van der Waals surface area contributed by atoms with Gasteiger partial charge in [0, 0.05) is 18.2 Å². The zero-order valence-electron chi connectivity index (χ0n) is 11.7. The molecule has 1 aliphatic carbocycles. The highest BCUT2D eigenvalue weighted by molar-refractivity contribution is 5.47. The lowest BCUT2D eigenvalue weighted by atomic mass is 9.84. The molecular weight excluding hydrogens is 236 g/mol. The normalized spacial score (nSPS) is 27.5. The number of hydrogen-bond donors (Lipinski definition) is 2. The first kappa shape index (κ1) is 12.9. The fourth-order valence-corrected chi connectivity index (χ4v) is 3.83. The fourth-order valence-electron chi connectivity index (χ4n) is 3.83. The molecule has 0 spiro atoms. The Hall–Kier alpha value is -1.06. The SMILES string of the molecule is CN1CC(CN)CC1c1c(O)ccc2c1CCCC2. The van der Waals surface area contributed by atoms with Crippen LogP contribution in [0.3, 0.4) is 0 Å². The zero-order valence-corrected chi connectivity index (χ0v) is 11.7.